The second kappa shape index (κ2) is 16.2. The van der Waals surface area contributed by atoms with Gasteiger partial charge in [0, 0.05) is 52.4 Å². The fourth-order valence-electron chi connectivity index (χ4n) is 7.36. The molecule has 1 aliphatic rings. The Labute approximate surface area is 301 Å². The summed E-state index contributed by atoms with van der Waals surface area (Å²) in [6, 6.07) is 29.3. The molecule has 5 aromatic rings. The molecule has 51 heavy (non-hydrogen) atoms. The first kappa shape index (κ1) is 35.6. The van der Waals surface area contributed by atoms with Crippen LogP contribution in [0.15, 0.2) is 116 Å². The Bertz CT molecular complexity index is 2060. The van der Waals surface area contributed by atoms with Gasteiger partial charge < -0.3 is 25.0 Å². The summed E-state index contributed by atoms with van der Waals surface area (Å²) < 4.78 is 19.0. The zero-order chi connectivity index (χ0) is 35.9. The van der Waals surface area contributed by atoms with Crippen LogP contribution < -0.4 is 16.0 Å². The van der Waals surface area contributed by atoms with Crippen LogP contribution in [0.4, 0.5) is 4.39 Å². The minimum absolute atomic E-state index is 0.145. The van der Waals surface area contributed by atoms with Crippen LogP contribution in [0, 0.1) is 0 Å². The van der Waals surface area contributed by atoms with Gasteiger partial charge in [-0.3, -0.25) is 0 Å². The van der Waals surface area contributed by atoms with E-state index in [9.17, 15) is 10.2 Å². The van der Waals surface area contributed by atoms with E-state index in [0.29, 0.717) is 38.8 Å². The van der Waals surface area contributed by atoms with E-state index in [0.717, 1.165) is 63.3 Å². The Morgan fingerprint density at radius 2 is 1.43 bits per heavy atom. The molecular formula is C45H50FN3O2. The molecule has 264 valence electrons. The number of phenols is 2. The third-order valence-corrected chi connectivity index (χ3v) is 10.4. The van der Waals surface area contributed by atoms with Gasteiger partial charge in [-0.25, -0.2) is 4.39 Å². The Balaban J connectivity index is 1.17. The van der Waals surface area contributed by atoms with Crippen molar-refractivity contribution >= 4 is 23.9 Å². The minimum atomic E-state index is -1.22. The predicted octanol–water partition coefficient (Wildman–Crippen LogP) is 7.50. The van der Waals surface area contributed by atoms with E-state index in [2.05, 4.69) is 71.4 Å². The average molecular weight is 684 g/mol. The van der Waals surface area contributed by atoms with Crippen LogP contribution in [-0.2, 0) is 38.6 Å². The van der Waals surface area contributed by atoms with Crippen LogP contribution in [0.1, 0.15) is 47.1 Å². The maximum Gasteiger partial charge on any atom is 0.157 e. The SMILES string of the molecule is C=C(CCn1c(=C)c2ccccc2c1=C)N[C@@H](Cc1ccccc1)C(F)CN(CCc1ccc2c(c1)CCC2)C(=C)CCc1ccc(O)c(O)c1. The molecule has 2 atom stereocenters. The van der Waals surface area contributed by atoms with E-state index >= 15 is 4.39 Å². The molecular weight excluding hydrogens is 634 g/mol. The summed E-state index contributed by atoms with van der Waals surface area (Å²) in [4.78, 5) is 2.09. The molecule has 1 heterocycles. The molecule has 0 saturated carbocycles. The smallest absolute Gasteiger partial charge is 0.157 e. The van der Waals surface area contributed by atoms with Crippen LogP contribution in [-0.4, -0.2) is 45.0 Å². The maximum absolute atomic E-state index is 16.8. The Hall–Kier alpha value is -5.23. The van der Waals surface area contributed by atoms with Crippen molar-refractivity contribution in [1.29, 1.82) is 0 Å². The standard InChI is InChI=1S/C45H50FN3O2/c1-31(23-26-49-33(3)40-15-8-9-16-41(40)34(49)4)47-43(28-35-11-6-5-7-12-35)42(46)30-48(25-24-37-19-21-38-13-10-14-39(38)27-37)32(2)17-18-36-20-22-44(50)45(51)29-36/h5-9,11-12,15-16,19-22,27,29,42-43,47,50-51H,1-4,10,13-14,17-18,23-26,28,30H2/t42?,43-/m0/s1. The van der Waals surface area contributed by atoms with Gasteiger partial charge >= 0.3 is 0 Å². The lowest BCUT2D eigenvalue weighted by molar-refractivity contribution is 0.183. The van der Waals surface area contributed by atoms with Gasteiger partial charge in [0.1, 0.15) is 6.17 Å². The highest BCUT2D eigenvalue weighted by Gasteiger charge is 2.26. The Morgan fingerprint density at radius 3 is 2.16 bits per heavy atom. The quantitative estimate of drug-likeness (QED) is 0.0890. The number of fused-ring (bicyclic) bond motifs is 2. The number of phenolic OH excluding ortho intramolecular Hbond substituents is 2. The van der Waals surface area contributed by atoms with Crippen LogP contribution in [0.3, 0.4) is 0 Å². The van der Waals surface area contributed by atoms with Crippen molar-refractivity contribution < 1.29 is 14.6 Å². The second-order valence-corrected chi connectivity index (χ2v) is 13.9. The van der Waals surface area contributed by atoms with Crippen LogP contribution in [0.5, 0.6) is 11.5 Å². The van der Waals surface area contributed by atoms with Gasteiger partial charge in [0.2, 0.25) is 0 Å². The molecule has 4 aromatic carbocycles. The highest BCUT2D eigenvalue weighted by atomic mass is 19.1. The number of aryl methyl sites for hydroxylation is 3. The van der Waals surface area contributed by atoms with Gasteiger partial charge in [-0.15, -0.1) is 0 Å². The minimum Gasteiger partial charge on any atom is -0.504 e. The second-order valence-electron chi connectivity index (χ2n) is 13.9. The molecule has 0 saturated heterocycles. The van der Waals surface area contributed by atoms with Crippen molar-refractivity contribution in [3.63, 3.8) is 0 Å². The number of hydrogen-bond donors (Lipinski definition) is 3. The lowest BCUT2D eigenvalue weighted by Gasteiger charge is -2.32. The van der Waals surface area contributed by atoms with Crippen molar-refractivity contribution in [1.82, 2.24) is 14.8 Å². The zero-order valence-electron chi connectivity index (χ0n) is 29.6. The first-order valence-corrected chi connectivity index (χ1v) is 18.1. The lowest BCUT2D eigenvalue weighted by atomic mass is 10.00. The summed E-state index contributed by atoms with van der Waals surface area (Å²) in [5.41, 5.74) is 7.68. The van der Waals surface area contributed by atoms with Gasteiger partial charge in [0.05, 0.1) is 12.6 Å². The molecule has 1 aromatic heterocycles. The molecule has 0 spiro atoms. The third-order valence-electron chi connectivity index (χ3n) is 10.4. The van der Waals surface area contributed by atoms with Crippen molar-refractivity contribution in [2.45, 2.75) is 70.1 Å². The summed E-state index contributed by atoms with van der Waals surface area (Å²) in [7, 11) is 0. The lowest BCUT2D eigenvalue weighted by Crippen LogP contribution is -2.45. The first-order valence-electron chi connectivity index (χ1n) is 18.1. The topological polar surface area (TPSA) is 60.7 Å². The molecule has 0 bridgehead atoms. The van der Waals surface area contributed by atoms with Crippen molar-refractivity contribution in [2.75, 3.05) is 13.1 Å². The normalized spacial score (nSPS) is 13.5. The monoisotopic (exact) mass is 683 g/mol. The van der Waals surface area contributed by atoms with E-state index in [1.54, 1.807) is 12.1 Å². The number of nitrogens with zero attached hydrogens (tertiary/aromatic N) is 2. The van der Waals surface area contributed by atoms with Crippen molar-refractivity contribution in [3.8, 4) is 11.5 Å². The molecule has 1 unspecified atom stereocenters. The third kappa shape index (κ3) is 8.75. The Kier molecular flexibility index (Phi) is 11.3. The summed E-state index contributed by atoms with van der Waals surface area (Å²) in [5, 5.41) is 27.3. The summed E-state index contributed by atoms with van der Waals surface area (Å²) in [6.45, 7) is 18.9. The van der Waals surface area contributed by atoms with Crippen LogP contribution >= 0.6 is 0 Å². The van der Waals surface area contributed by atoms with E-state index < -0.39 is 12.2 Å². The largest absolute Gasteiger partial charge is 0.504 e. The number of halogens is 1. The van der Waals surface area contributed by atoms with Gasteiger partial charge in [-0.1, -0.05) is 105 Å². The van der Waals surface area contributed by atoms with Gasteiger partial charge in [0.25, 0.3) is 0 Å². The van der Waals surface area contributed by atoms with Gasteiger partial charge in [-0.05, 0) is 84.9 Å². The average Bonchev–Trinajstić information content (AvgIpc) is 3.70. The maximum atomic E-state index is 16.8. The predicted molar refractivity (Wildman–Crippen MR) is 209 cm³/mol. The van der Waals surface area contributed by atoms with E-state index in [4.69, 9.17) is 0 Å². The number of allylic oxidation sites excluding steroid dienone is 2. The van der Waals surface area contributed by atoms with E-state index in [1.165, 1.54) is 29.2 Å². The zero-order valence-corrected chi connectivity index (χ0v) is 29.6. The Morgan fingerprint density at radius 1 is 0.765 bits per heavy atom. The van der Waals surface area contributed by atoms with Crippen molar-refractivity contribution in [2.24, 2.45) is 0 Å². The highest BCUT2D eigenvalue weighted by molar-refractivity contribution is 5.83. The fraction of sp³-hybridized carbons (Fsp3) is 0.289. The number of nitrogens with one attached hydrogen (secondary N) is 1. The number of aromatic nitrogens is 1. The molecule has 5 nitrogen and oxygen atoms in total. The highest BCUT2D eigenvalue weighted by Crippen LogP contribution is 2.27. The molecule has 6 rings (SSSR count). The number of rotatable bonds is 17. The molecule has 0 radical (unpaired) electrons. The van der Waals surface area contributed by atoms with E-state index in [-0.39, 0.29) is 18.0 Å². The molecule has 6 heteroatoms. The molecule has 0 fully saturated rings. The van der Waals surface area contributed by atoms with Gasteiger partial charge in [0.15, 0.2) is 11.5 Å². The summed E-state index contributed by atoms with van der Waals surface area (Å²) in [6.07, 6.45) is 5.35. The van der Waals surface area contributed by atoms with Crippen LogP contribution in [0.2, 0.25) is 0 Å². The van der Waals surface area contributed by atoms with E-state index in [1.807, 2.05) is 42.5 Å². The number of hydrogen-bond acceptors (Lipinski definition) is 4. The molecule has 1 aliphatic carbocycles. The number of benzene rings is 4. The molecule has 3 N–H and O–H groups in total. The van der Waals surface area contributed by atoms with Gasteiger partial charge in [-0.2, -0.15) is 0 Å². The molecule has 0 aliphatic heterocycles. The van der Waals surface area contributed by atoms with Crippen LogP contribution in [0.25, 0.3) is 23.9 Å². The summed E-state index contributed by atoms with van der Waals surface area (Å²) >= 11 is 0. The first-order chi connectivity index (χ1) is 24.7. The molecule has 0 amide bonds. The number of aromatic hydroxyl groups is 2. The van der Waals surface area contributed by atoms with Crippen molar-refractivity contribution in [3.05, 3.63) is 154 Å². The fourth-order valence-corrected chi connectivity index (χ4v) is 7.36. The number of alkyl halides is 1. The summed E-state index contributed by atoms with van der Waals surface area (Å²) in [5.74, 6) is -0.291.